The van der Waals surface area contributed by atoms with Gasteiger partial charge in [0.1, 0.15) is 5.52 Å². The Labute approximate surface area is 160 Å². The van der Waals surface area contributed by atoms with Crippen LogP contribution in [-0.2, 0) is 19.6 Å². The van der Waals surface area contributed by atoms with Crippen LogP contribution in [-0.4, -0.2) is 31.4 Å². The number of esters is 1. The van der Waals surface area contributed by atoms with Crippen LogP contribution in [0.2, 0.25) is 0 Å². The molecular weight excluding hydrogens is 386 g/mol. The quantitative estimate of drug-likeness (QED) is 0.600. The van der Waals surface area contributed by atoms with Crippen LogP contribution in [0.25, 0.3) is 11.1 Å². The number of rotatable bonds is 6. The van der Waals surface area contributed by atoms with E-state index in [-0.39, 0.29) is 16.9 Å². The van der Waals surface area contributed by atoms with E-state index in [0.717, 1.165) is 0 Å². The minimum atomic E-state index is -3.82. The number of amides is 1. The lowest BCUT2D eigenvalue weighted by Gasteiger charge is -2.16. The maximum atomic E-state index is 12.4. The Bertz CT molecular complexity index is 1120. The van der Waals surface area contributed by atoms with Crippen molar-refractivity contribution in [1.82, 2.24) is 4.98 Å². The van der Waals surface area contributed by atoms with E-state index in [1.54, 1.807) is 13.0 Å². The first-order chi connectivity index (χ1) is 13.3. The summed E-state index contributed by atoms with van der Waals surface area (Å²) in [4.78, 5) is 28.6. The molecule has 1 atom stereocenters. The summed E-state index contributed by atoms with van der Waals surface area (Å²) in [6.07, 6.45) is 0.487. The smallest absolute Gasteiger partial charge is 0.338 e. The van der Waals surface area contributed by atoms with Crippen LogP contribution >= 0.6 is 0 Å². The van der Waals surface area contributed by atoms with Gasteiger partial charge in [0.2, 0.25) is 10.0 Å². The van der Waals surface area contributed by atoms with Crippen LogP contribution < -0.4 is 10.5 Å². The van der Waals surface area contributed by atoms with E-state index in [9.17, 15) is 18.0 Å². The molecule has 3 aromatic rings. The van der Waals surface area contributed by atoms with Gasteiger partial charge in [0.25, 0.3) is 5.91 Å². The molecule has 1 unspecified atom stereocenters. The summed E-state index contributed by atoms with van der Waals surface area (Å²) in [7, 11) is -3.82. The molecule has 1 amide bonds. The Hall–Kier alpha value is -3.24. The van der Waals surface area contributed by atoms with E-state index in [2.05, 4.69) is 10.3 Å². The zero-order valence-electron chi connectivity index (χ0n) is 14.8. The van der Waals surface area contributed by atoms with Gasteiger partial charge in [-0.1, -0.05) is 6.92 Å². The second kappa shape index (κ2) is 7.79. The summed E-state index contributed by atoms with van der Waals surface area (Å²) in [5.41, 5.74) is 1.62. The molecule has 28 heavy (non-hydrogen) atoms. The Morgan fingerprint density at radius 3 is 2.57 bits per heavy atom. The van der Waals surface area contributed by atoms with Gasteiger partial charge in [-0.2, -0.15) is 0 Å². The minimum absolute atomic E-state index is 0.0767. The molecule has 3 N–H and O–H groups in total. The van der Waals surface area contributed by atoms with Gasteiger partial charge in [0, 0.05) is 5.69 Å². The fourth-order valence-electron chi connectivity index (χ4n) is 2.46. The van der Waals surface area contributed by atoms with Crippen molar-refractivity contribution in [2.24, 2.45) is 5.14 Å². The number of hydrogen-bond acceptors (Lipinski definition) is 7. The summed E-state index contributed by atoms with van der Waals surface area (Å²) in [6, 6.07) is 9.95. The highest BCUT2D eigenvalue weighted by Gasteiger charge is 2.22. The zero-order valence-corrected chi connectivity index (χ0v) is 15.6. The predicted octanol–water partition coefficient (Wildman–Crippen LogP) is 2.05. The number of carbonyl (C=O) groups excluding carboxylic acids is 2. The lowest BCUT2D eigenvalue weighted by atomic mass is 10.2. The second-order valence-corrected chi connectivity index (χ2v) is 7.46. The number of nitrogens with one attached hydrogen (secondary N) is 1. The molecule has 0 saturated heterocycles. The molecule has 0 spiro atoms. The Balaban J connectivity index is 1.68. The molecule has 9 nitrogen and oxygen atoms in total. The maximum Gasteiger partial charge on any atom is 0.338 e. The largest absolute Gasteiger partial charge is 0.449 e. The second-order valence-electron chi connectivity index (χ2n) is 5.90. The SMILES string of the molecule is CCC(OC(=O)c1ccc2ocnc2c1)C(=O)Nc1ccc(S(N)(=O)=O)cc1. The number of oxazole rings is 1. The fraction of sp³-hybridized carbons (Fsp3) is 0.167. The standard InChI is InChI=1S/C18H17N3O6S/c1-2-15(17(22)21-12-4-6-13(7-5-12)28(19,24)25)27-18(23)11-3-8-16-14(9-11)20-10-26-16/h3-10,15H,2H2,1H3,(H,21,22)(H2,19,24,25). The van der Waals surface area contributed by atoms with Gasteiger partial charge in [-0.3, -0.25) is 4.79 Å². The van der Waals surface area contributed by atoms with Crippen LogP contribution in [0.1, 0.15) is 23.7 Å². The number of aromatic nitrogens is 1. The van der Waals surface area contributed by atoms with Gasteiger partial charge in [-0.15, -0.1) is 0 Å². The number of anilines is 1. The first kappa shape index (κ1) is 19.5. The van der Waals surface area contributed by atoms with Gasteiger partial charge in [0.15, 0.2) is 18.1 Å². The first-order valence-electron chi connectivity index (χ1n) is 8.26. The van der Waals surface area contributed by atoms with Crippen molar-refractivity contribution in [3.63, 3.8) is 0 Å². The number of fused-ring (bicyclic) bond motifs is 1. The van der Waals surface area contributed by atoms with Crippen molar-refractivity contribution in [3.05, 3.63) is 54.4 Å². The average Bonchev–Trinajstić information content (AvgIpc) is 3.13. The number of nitrogens with zero attached hydrogens (tertiary/aromatic N) is 1. The van der Waals surface area contributed by atoms with Crippen molar-refractivity contribution in [3.8, 4) is 0 Å². The number of sulfonamides is 1. The van der Waals surface area contributed by atoms with E-state index in [0.29, 0.717) is 16.8 Å². The van der Waals surface area contributed by atoms with Gasteiger partial charge >= 0.3 is 5.97 Å². The predicted molar refractivity (Wildman–Crippen MR) is 99.9 cm³/mol. The lowest BCUT2D eigenvalue weighted by molar-refractivity contribution is -0.124. The highest BCUT2D eigenvalue weighted by Crippen LogP contribution is 2.17. The van der Waals surface area contributed by atoms with Crippen LogP contribution in [0.15, 0.2) is 58.2 Å². The highest BCUT2D eigenvalue weighted by molar-refractivity contribution is 7.89. The molecule has 0 aliphatic rings. The summed E-state index contributed by atoms with van der Waals surface area (Å²) in [5, 5.41) is 7.61. The van der Waals surface area contributed by atoms with E-state index < -0.39 is 28.0 Å². The Morgan fingerprint density at radius 1 is 1.21 bits per heavy atom. The van der Waals surface area contributed by atoms with Crippen LogP contribution in [0, 0.1) is 0 Å². The normalized spacial score (nSPS) is 12.5. The van der Waals surface area contributed by atoms with E-state index in [1.165, 1.54) is 42.8 Å². The Morgan fingerprint density at radius 2 is 1.93 bits per heavy atom. The summed E-state index contributed by atoms with van der Waals surface area (Å²) in [6.45, 7) is 1.70. The van der Waals surface area contributed by atoms with E-state index >= 15 is 0 Å². The van der Waals surface area contributed by atoms with Crippen LogP contribution in [0.5, 0.6) is 0 Å². The average molecular weight is 403 g/mol. The number of ether oxygens (including phenoxy) is 1. The van der Waals surface area contributed by atoms with Crippen molar-refractivity contribution < 1.29 is 27.2 Å². The van der Waals surface area contributed by atoms with Gasteiger partial charge < -0.3 is 14.5 Å². The number of hydrogen-bond donors (Lipinski definition) is 2. The molecule has 1 heterocycles. The molecule has 146 valence electrons. The van der Waals surface area contributed by atoms with Gasteiger partial charge in [0.05, 0.1) is 10.5 Å². The highest BCUT2D eigenvalue weighted by atomic mass is 32.2. The van der Waals surface area contributed by atoms with Crippen LogP contribution in [0.4, 0.5) is 5.69 Å². The van der Waals surface area contributed by atoms with E-state index in [1.807, 2.05) is 0 Å². The molecule has 3 rings (SSSR count). The molecular formula is C18H17N3O6S. The van der Waals surface area contributed by atoms with E-state index in [4.69, 9.17) is 14.3 Å². The van der Waals surface area contributed by atoms with Crippen molar-refractivity contribution in [2.75, 3.05) is 5.32 Å². The number of nitrogens with two attached hydrogens (primary N) is 1. The molecule has 10 heteroatoms. The number of carbonyl (C=O) groups is 2. The zero-order chi connectivity index (χ0) is 20.3. The van der Waals surface area contributed by atoms with Gasteiger partial charge in [-0.25, -0.2) is 23.3 Å². The Kier molecular flexibility index (Phi) is 5.43. The minimum Gasteiger partial charge on any atom is -0.449 e. The molecule has 0 aliphatic carbocycles. The van der Waals surface area contributed by atoms with Gasteiger partial charge in [-0.05, 0) is 48.9 Å². The van der Waals surface area contributed by atoms with Crippen molar-refractivity contribution >= 4 is 38.7 Å². The monoisotopic (exact) mass is 403 g/mol. The third-order valence-electron chi connectivity index (χ3n) is 3.93. The summed E-state index contributed by atoms with van der Waals surface area (Å²) < 4.78 is 32.9. The molecule has 0 fully saturated rings. The molecule has 0 saturated carbocycles. The lowest BCUT2D eigenvalue weighted by Crippen LogP contribution is -2.32. The van der Waals surface area contributed by atoms with Crippen LogP contribution in [0.3, 0.4) is 0 Å². The molecule has 0 bridgehead atoms. The van der Waals surface area contributed by atoms with Crippen molar-refractivity contribution in [1.29, 1.82) is 0 Å². The maximum absolute atomic E-state index is 12.4. The topological polar surface area (TPSA) is 142 Å². The third-order valence-corrected chi connectivity index (χ3v) is 4.86. The number of benzene rings is 2. The molecule has 0 aliphatic heterocycles. The molecule has 2 aromatic carbocycles. The third kappa shape index (κ3) is 4.35. The summed E-state index contributed by atoms with van der Waals surface area (Å²) >= 11 is 0. The molecule has 1 aromatic heterocycles. The fourth-order valence-corrected chi connectivity index (χ4v) is 2.97. The first-order valence-corrected chi connectivity index (χ1v) is 9.80. The molecule has 0 radical (unpaired) electrons. The summed E-state index contributed by atoms with van der Waals surface area (Å²) in [5.74, 6) is -1.21. The number of primary sulfonamides is 1. The van der Waals surface area contributed by atoms with Crippen molar-refractivity contribution in [2.45, 2.75) is 24.3 Å².